The van der Waals surface area contributed by atoms with E-state index in [1.54, 1.807) is 37.4 Å². The van der Waals surface area contributed by atoms with Gasteiger partial charge in [-0.05, 0) is 99.4 Å². The van der Waals surface area contributed by atoms with Gasteiger partial charge in [-0.1, -0.05) is 42.5 Å². The van der Waals surface area contributed by atoms with Gasteiger partial charge in [-0.25, -0.2) is 16.2 Å². The van der Waals surface area contributed by atoms with Crippen molar-refractivity contribution in [2.75, 3.05) is 18.9 Å². The maximum Gasteiger partial charge on any atom is 0.407 e. The Bertz CT molecular complexity index is 1660. The number of carbonyl (C=O) groups excluding carboxylic acids is 4. The third kappa shape index (κ3) is 10.8. The van der Waals surface area contributed by atoms with E-state index in [-0.39, 0.29) is 41.8 Å². The summed E-state index contributed by atoms with van der Waals surface area (Å²) in [6.45, 7) is 5.93. The van der Waals surface area contributed by atoms with Gasteiger partial charge >= 0.3 is 6.09 Å². The monoisotopic (exact) mass is 684 g/mol. The number of ether oxygens (including phenoxy) is 1. The largest absolute Gasteiger partial charge is 0.444 e. The lowest BCUT2D eigenvalue weighted by Gasteiger charge is -2.29. The number of anilines is 1. The van der Waals surface area contributed by atoms with Crippen molar-refractivity contribution < 1.29 is 23.9 Å². The molecule has 0 aromatic heterocycles. The molecule has 0 heterocycles. The van der Waals surface area contributed by atoms with Crippen LogP contribution in [-0.4, -0.2) is 54.9 Å². The van der Waals surface area contributed by atoms with E-state index in [2.05, 4.69) is 31.9 Å². The lowest BCUT2D eigenvalue weighted by molar-refractivity contribution is -0.130. The summed E-state index contributed by atoms with van der Waals surface area (Å²) in [5, 5.41) is 15.2. The average molecular weight is 685 g/mol. The number of nitrogens with one attached hydrogen (secondary N) is 5. The Morgan fingerprint density at radius 2 is 1.58 bits per heavy atom. The van der Waals surface area contributed by atoms with E-state index < -0.39 is 17.7 Å². The molecule has 4 amide bonds. The van der Waals surface area contributed by atoms with Crippen LogP contribution in [0.1, 0.15) is 67.9 Å². The highest BCUT2D eigenvalue weighted by Gasteiger charge is 2.30. The minimum Gasteiger partial charge on any atom is -0.444 e. The predicted octanol–water partition coefficient (Wildman–Crippen LogP) is 3.79. The van der Waals surface area contributed by atoms with Crippen LogP contribution in [0.3, 0.4) is 0 Å². The fourth-order valence-electron chi connectivity index (χ4n) is 5.88. The van der Waals surface area contributed by atoms with Crippen molar-refractivity contribution in [3.63, 3.8) is 0 Å². The average Bonchev–Trinajstić information content (AvgIpc) is 3.10. The molecule has 9 N–H and O–H groups in total. The fraction of sp³-hybridized carbons (Fsp3) is 0.378. The summed E-state index contributed by atoms with van der Waals surface area (Å²) < 4.78 is 5.33. The number of amidine groups is 1. The quantitative estimate of drug-likeness (QED) is 0.0646. The van der Waals surface area contributed by atoms with Crippen molar-refractivity contribution in [2.45, 2.75) is 64.5 Å². The molecule has 1 unspecified atom stereocenters. The number of benzene rings is 3. The SMILES string of the molecule is CNC(=O)c1ccccc1-c1ccc(CC(NC(=O)C2CCC(CNC(=O)OC(C)(C)C)CC2)C(=O)Nc2ccc(C(N)=NNN)cc2)cc1. The van der Waals surface area contributed by atoms with E-state index in [0.717, 1.165) is 29.5 Å². The van der Waals surface area contributed by atoms with Gasteiger partial charge in [0.15, 0.2) is 5.84 Å². The molecule has 0 bridgehead atoms. The molecule has 0 aliphatic heterocycles. The second kappa shape index (κ2) is 17.3. The standard InChI is InChI=1S/C37H48N8O5/c1-37(2,3)50-36(49)41-22-24-11-15-27(16-12-24)33(46)43-31(35(48)42-28-19-17-26(18-20-28)32(38)44-45-39)21-23-9-13-25(14-10-23)29-7-5-6-8-30(29)34(47)40-4/h5-10,13-14,17-20,24,27,31,45H,11-12,15-16,21-22,39H2,1-4H3,(H2,38,44)(H,40,47)(H,41,49)(H,42,48)(H,43,46). The smallest absolute Gasteiger partial charge is 0.407 e. The van der Waals surface area contributed by atoms with Crippen LogP contribution in [-0.2, 0) is 20.7 Å². The number of rotatable bonds is 12. The second-order valence-corrected chi connectivity index (χ2v) is 13.4. The topological polar surface area (TPSA) is 202 Å². The lowest BCUT2D eigenvalue weighted by Crippen LogP contribution is -2.48. The highest BCUT2D eigenvalue weighted by atomic mass is 16.6. The van der Waals surface area contributed by atoms with Crippen molar-refractivity contribution >= 4 is 35.3 Å². The number of hydrogen-bond acceptors (Lipinski definition) is 8. The molecule has 3 aromatic rings. The van der Waals surface area contributed by atoms with Crippen molar-refractivity contribution in [2.24, 2.45) is 28.5 Å². The van der Waals surface area contributed by atoms with Crippen LogP contribution in [0.25, 0.3) is 11.1 Å². The Labute approximate surface area is 292 Å². The van der Waals surface area contributed by atoms with Gasteiger partial charge in [0.2, 0.25) is 11.8 Å². The molecule has 1 aliphatic carbocycles. The van der Waals surface area contributed by atoms with Crippen molar-refractivity contribution in [1.82, 2.24) is 21.5 Å². The van der Waals surface area contributed by atoms with Gasteiger partial charge < -0.3 is 31.7 Å². The van der Waals surface area contributed by atoms with Gasteiger partial charge in [0.25, 0.3) is 5.91 Å². The van der Waals surface area contributed by atoms with E-state index in [1.165, 1.54) is 0 Å². The number of nitrogens with zero attached hydrogens (tertiary/aromatic N) is 1. The first-order valence-corrected chi connectivity index (χ1v) is 16.7. The molecule has 266 valence electrons. The fourth-order valence-corrected chi connectivity index (χ4v) is 5.88. The minimum atomic E-state index is -0.870. The molecule has 13 heteroatoms. The first-order chi connectivity index (χ1) is 23.9. The summed E-state index contributed by atoms with van der Waals surface area (Å²) in [4.78, 5) is 51.8. The van der Waals surface area contributed by atoms with Gasteiger partial charge in [0, 0.05) is 42.7 Å². The maximum atomic E-state index is 13.7. The summed E-state index contributed by atoms with van der Waals surface area (Å²) in [7, 11) is 1.59. The first-order valence-electron chi connectivity index (χ1n) is 16.7. The number of hydrazone groups is 1. The molecule has 0 spiro atoms. The summed E-state index contributed by atoms with van der Waals surface area (Å²) in [6, 6.07) is 20.9. The van der Waals surface area contributed by atoms with E-state index in [9.17, 15) is 19.2 Å². The van der Waals surface area contributed by atoms with Gasteiger partial charge in [0.1, 0.15) is 11.6 Å². The van der Waals surface area contributed by atoms with Crippen LogP contribution in [0.15, 0.2) is 77.9 Å². The Morgan fingerprint density at radius 3 is 2.20 bits per heavy atom. The molecule has 13 nitrogen and oxygen atoms in total. The molecular formula is C37H48N8O5. The molecule has 1 atom stereocenters. The molecular weight excluding hydrogens is 636 g/mol. The zero-order valence-electron chi connectivity index (χ0n) is 29.0. The Hall–Kier alpha value is -5.43. The van der Waals surface area contributed by atoms with E-state index in [1.807, 2.05) is 63.2 Å². The van der Waals surface area contributed by atoms with Crippen LogP contribution < -0.4 is 38.4 Å². The van der Waals surface area contributed by atoms with E-state index >= 15 is 0 Å². The third-order valence-corrected chi connectivity index (χ3v) is 8.52. The van der Waals surface area contributed by atoms with E-state index in [4.69, 9.17) is 16.3 Å². The van der Waals surface area contributed by atoms with Crippen LogP contribution in [0, 0.1) is 11.8 Å². The van der Waals surface area contributed by atoms with Crippen LogP contribution in [0.4, 0.5) is 10.5 Å². The molecule has 1 saturated carbocycles. The molecule has 50 heavy (non-hydrogen) atoms. The third-order valence-electron chi connectivity index (χ3n) is 8.52. The number of hydrazine groups is 1. The minimum absolute atomic E-state index is 0.184. The molecule has 0 radical (unpaired) electrons. The number of hydrogen-bond donors (Lipinski definition) is 7. The van der Waals surface area contributed by atoms with Crippen LogP contribution >= 0.6 is 0 Å². The van der Waals surface area contributed by atoms with Crippen molar-refractivity contribution in [1.29, 1.82) is 0 Å². The normalized spacial score (nSPS) is 16.8. The molecule has 1 fully saturated rings. The van der Waals surface area contributed by atoms with E-state index in [0.29, 0.717) is 36.2 Å². The molecule has 4 rings (SSSR count). The summed E-state index contributed by atoms with van der Waals surface area (Å²) in [5.74, 6) is 4.64. The van der Waals surface area contributed by atoms with Gasteiger partial charge in [-0.15, -0.1) is 5.10 Å². The van der Waals surface area contributed by atoms with Gasteiger partial charge in [-0.2, -0.15) is 0 Å². The summed E-state index contributed by atoms with van der Waals surface area (Å²) >= 11 is 0. The Morgan fingerprint density at radius 1 is 0.920 bits per heavy atom. The summed E-state index contributed by atoms with van der Waals surface area (Å²) in [6.07, 6.45) is 2.60. The number of nitrogens with two attached hydrogens (primary N) is 2. The Kier molecular flexibility index (Phi) is 12.9. The van der Waals surface area contributed by atoms with Crippen molar-refractivity contribution in [3.05, 3.63) is 89.5 Å². The highest BCUT2D eigenvalue weighted by molar-refractivity contribution is 6.01. The lowest BCUT2D eigenvalue weighted by atomic mass is 9.81. The van der Waals surface area contributed by atoms with Gasteiger partial charge in [-0.3, -0.25) is 14.4 Å². The molecule has 1 aliphatic rings. The Balaban J connectivity index is 1.45. The summed E-state index contributed by atoms with van der Waals surface area (Å²) in [5.41, 5.74) is 11.6. The zero-order valence-corrected chi connectivity index (χ0v) is 29.0. The second-order valence-electron chi connectivity index (χ2n) is 13.4. The van der Waals surface area contributed by atoms with Gasteiger partial charge in [0.05, 0.1) is 0 Å². The number of alkyl carbamates (subject to hydrolysis) is 1. The van der Waals surface area contributed by atoms with Crippen LogP contribution in [0.2, 0.25) is 0 Å². The molecule has 3 aromatic carbocycles. The van der Waals surface area contributed by atoms with Crippen LogP contribution in [0.5, 0.6) is 0 Å². The predicted molar refractivity (Wildman–Crippen MR) is 194 cm³/mol. The number of carbonyl (C=O) groups is 4. The zero-order chi connectivity index (χ0) is 36.3. The molecule has 0 saturated heterocycles. The maximum absolute atomic E-state index is 13.7. The highest BCUT2D eigenvalue weighted by Crippen LogP contribution is 2.29. The number of amides is 4. The first kappa shape index (κ1) is 37.4. The van der Waals surface area contributed by atoms with Crippen molar-refractivity contribution in [3.8, 4) is 11.1 Å².